The van der Waals surface area contributed by atoms with Crippen molar-refractivity contribution in [1.82, 2.24) is 24.8 Å². The molecule has 9 heteroatoms. The predicted molar refractivity (Wildman–Crippen MR) is 102 cm³/mol. The maximum absolute atomic E-state index is 11.9. The van der Waals surface area contributed by atoms with Crippen LogP contribution >= 0.6 is 0 Å². The van der Waals surface area contributed by atoms with Crippen molar-refractivity contribution in [1.29, 1.82) is 0 Å². The van der Waals surface area contributed by atoms with E-state index in [2.05, 4.69) is 30.9 Å². The number of rotatable bonds is 7. The Morgan fingerprint density at radius 2 is 1.96 bits per heavy atom. The normalized spacial score (nSPS) is 10.3. The number of anilines is 2. The molecule has 140 valence electrons. The molecule has 3 aromatic rings. The molecule has 0 bridgehead atoms. The quantitative estimate of drug-likeness (QED) is 0.553. The molecule has 3 N–H and O–H groups in total. The van der Waals surface area contributed by atoms with Gasteiger partial charge in [-0.25, -0.2) is 19.7 Å². The van der Waals surface area contributed by atoms with Crippen LogP contribution in [0.3, 0.4) is 0 Å². The monoisotopic (exact) mass is 367 g/mol. The van der Waals surface area contributed by atoms with Gasteiger partial charge in [-0.15, -0.1) is 0 Å². The molecule has 2 heterocycles. The van der Waals surface area contributed by atoms with Crippen molar-refractivity contribution >= 4 is 17.5 Å². The van der Waals surface area contributed by atoms with E-state index in [1.165, 1.54) is 6.33 Å². The smallest absolute Gasteiger partial charge is 0.319 e. The van der Waals surface area contributed by atoms with Crippen molar-refractivity contribution < 1.29 is 9.53 Å². The number of benzene rings is 1. The Morgan fingerprint density at radius 3 is 2.67 bits per heavy atom. The van der Waals surface area contributed by atoms with Crippen LogP contribution in [0.2, 0.25) is 0 Å². The molecule has 2 amide bonds. The minimum absolute atomic E-state index is 0.278. The molecule has 0 saturated carbocycles. The van der Waals surface area contributed by atoms with Crippen LogP contribution in [0.1, 0.15) is 5.82 Å². The Morgan fingerprint density at radius 1 is 1.15 bits per heavy atom. The summed E-state index contributed by atoms with van der Waals surface area (Å²) in [6.45, 7) is 2.86. The number of imidazole rings is 1. The van der Waals surface area contributed by atoms with Gasteiger partial charge >= 0.3 is 6.03 Å². The lowest BCUT2D eigenvalue weighted by Crippen LogP contribution is -2.32. The van der Waals surface area contributed by atoms with E-state index < -0.39 is 0 Å². The average molecular weight is 367 g/mol. The van der Waals surface area contributed by atoms with Gasteiger partial charge in [-0.2, -0.15) is 0 Å². The number of hydrogen-bond donors (Lipinski definition) is 3. The Bertz CT molecular complexity index is 893. The maximum Gasteiger partial charge on any atom is 0.319 e. The number of hydrogen-bond acceptors (Lipinski definition) is 6. The number of carbonyl (C=O) groups is 1. The molecule has 0 radical (unpaired) electrons. The molecule has 0 aliphatic carbocycles. The fourth-order valence-corrected chi connectivity index (χ4v) is 2.41. The van der Waals surface area contributed by atoms with E-state index in [0.29, 0.717) is 24.6 Å². The zero-order valence-corrected chi connectivity index (χ0v) is 15.1. The van der Waals surface area contributed by atoms with Gasteiger partial charge in [0.15, 0.2) is 0 Å². The average Bonchev–Trinajstić information content (AvgIpc) is 3.12. The molecular weight excluding hydrogens is 346 g/mol. The summed E-state index contributed by atoms with van der Waals surface area (Å²) in [5.41, 5.74) is 0.692. The Hall–Kier alpha value is -3.62. The minimum Gasteiger partial charge on any atom is -0.497 e. The van der Waals surface area contributed by atoms with E-state index in [-0.39, 0.29) is 6.03 Å². The molecule has 1 aromatic carbocycles. The van der Waals surface area contributed by atoms with Crippen LogP contribution in [0, 0.1) is 6.92 Å². The molecule has 0 aliphatic rings. The number of carbonyl (C=O) groups excluding carboxylic acids is 1. The number of aromatic nitrogens is 4. The van der Waals surface area contributed by atoms with Crippen LogP contribution in [0.4, 0.5) is 16.3 Å². The van der Waals surface area contributed by atoms with Crippen molar-refractivity contribution in [3.63, 3.8) is 0 Å². The largest absolute Gasteiger partial charge is 0.497 e. The molecule has 0 aliphatic heterocycles. The van der Waals surface area contributed by atoms with Crippen molar-refractivity contribution in [2.24, 2.45) is 0 Å². The van der Waals surface area contributed by atoms with Gasteiger partial charge < -0.3 is 20.7 Å². The van der Waals surface area contributed by atoms with Crippen molar-refractivity contribution in [3.8, 4) is 11.6 Å². The molecule has 0 atom stereocenters. The highest BCUT2D eigenvalue weighted by molar-refractivity contribution is 5.89. The van der Waals surface area contributed by atoms with Crippen molar-refractivity contribution in [2.75, 3.05) is 30.8 Å². The lowest BCUT2D eigenvalue weighted by Gasteiger charge is -2.10. The summed E-state index contributed by atoms with van der Waals surface area (Å²) in [7, 11) is 1.60. The van der Waals surface area contributed by atoms with E-state index in [1.54, 1.807) is 37.6 Å². The lowest BCUT2D eigenvalue weighted by atomic mass is 10.3. The fourth-order valence-electron chi connectivity index (χ4n) is 2.41. The summed E-state index contributed by atoms with van der Waals surface area (Å²) in [5.74, 6) is 2.98. The summed E-state index contributed by atoms with van der Waals surface area (Å²) < 4.78 is 6.95. The summed E-state index contributed by atoms with van der Waals surface area (Å²) in [6, 6.07) is 8.66. The van der Waals surface area contributed by atoms with Gasteiger partial charge in [0.05, 0.1) is 7.11 Å². The number of nitrogens with zero attached hydrogens (tertiary/aromatic N) is 4. The summed E-state index contributed by atoms with van der Waals surface area (Å²) in [5, 5.41) is 8.69. The third-order valence-corrected chi connectivity index (χ3v) is 3.79. The first-order chi connectivity index (χ1) is 13.2. The predicted octanol–water partition coefficient (Wildman–Crippen LogP) is 2.21. The molecule has 0 fully saturated rings. The zero-order valence-electron chi connectivity index (χ0n) is 15.1. The van der Waals surface area contributed by atoms with E-state index >= 15 is 0 Å². The van der Waals surface area contributed by atoms with Crippen LogP contribution < -0.4 is 20.7 Å². The SMILES string of the molecule is COc1ccc(NC(=O)NCCNc2cc(-n3ccnc3C)ncn2)cc1. The Balaban J connectivity index is 1.44. The van der Waals surface area contributed by atoms with Crippen LogP contribution in [0.15, 0.2) is 49.1 Å². The highest BCUT2D eigenvalue weighted by atomic mass is 16.5. The van der Waals surface area contributed by atoms with Crippen LogP contribution in [0.25, 0.3) is 5.82 Å². The van der Waals surface area contributed by atoms with Crippen LogP contribution in [0.5, 0.6) is 5.75 Å². The number of aryl methyl sites for hydroxylation is 1. The molecule has 0 saturated heterocycles. The number of urea groups is 1. The van der Waals surface area contributed by atoms with E-state index in [1.807, 2.05) is 23.8 Å². The minimum atomic E-state index is -0.278. The summed E-state index contributed by atoms with van der Waals surface area (Å²) >= 11 is 0. The van der Waals surface area contributed by atoms with Gasteiger partial charge in [-0.3, -0.25) is 4.57 Å². The van der Waals surface area contributed by atoms with Gasteiger partial charge in [0.2, 0.25) is 0 Å². The van der Waals surface area contributed by atoms with E-state index in [0.717, 1.165) is 17.4 Å². The van der Waals surface area contributed by atoms with Crippen molar-refractivity contribution in [3.05, 3.63) is 54.9 Å². The van der Waals surface area contributed by atoms with E-state index in [9.17, 15) is 4.79 Å². The highest BCUT2D eigenvalue weighted by Gasteiger charge is 2.04. The van der Waals surface area contributed by atoms with Gasteiger partial charge in [-0.05, 0) is 31.2 Å². The molecular formula is C18H21N7O2. The number of ether oxygens (including phenoxy) is 1. The zero-order chi connectivity index (χ0) is 19.1. The molecule has 3 rings (SSSR count). The second-order valence-electron chi connectivity index (χ2n) is 5.64. The van der Waals surface area contributed by atoms with Gasteiger partial charge in [0.25, 0.3) is 0 Å². The highest BCUT2D eigenvalue weighted by Crippen LogP contribution is 2.14. The first-order valence-corrected chi connectivity index (χ1v) is 8.41. The van der Waals surface area contributed by atoms with Gasteiger partial charge in [-0.1, -0.05) is 0 Å². The van der Waals surface area contributed by atoms with E-state index in [4.69, 9.17) is 4.74 Å². The Kier molecular flexibility index (Phi) is 5.83. The van der Waals surface area contributed by atoms with Crippen molar-refractivity contribution in [2.45, 2.75) is 6.92 Å². The summed E-state index contributed by atoms with van der Waals surface area (Å²) in [6.07, 6.45) is 5.04. The molecule has 27 heavy (non-hydrogen) atoms. The van der Waals surface area contributed by atoms with Crippen LogP contribution in [-0.2, 0) is 0 Å². The molecule has 2 aromatic heterocycles. The molecule has 9 nitrogen and oxygen atoms in total. The first kappa shape index (κ1) is 18.2. The number of amides is 2. The first-order valence-electron chi connectivity index (χ1n) is 8.41. The third-order valence-electron chi connectivity index (χ3n) is 3.79. The topological polar surface area (TPSA) is 106 Å². The fraction of sp³-hybridized carbons (Fsp3) is 0.222. The van der Waals surface area contributed by atoms with Crippen LogP contribution in [-0.4, -0.2) is 45.7 Å². The third kappa shape index (κ3) is 4.94. The maximum atomic E-state index is 11.9. The second kappa shape index (κ2) is 8.65. The number of methoxy groups -OCH3 is 1. The summed E-state index contributed by atoms with van der Waals surface area (Å²) in [4.78, 5) is 24.5. The van der Waals surface area contributed by atoms with Gasteiger partial charge in [0.1, 0.15) is 29.5 Å². The molecule has 0 spiro atoms. The lowest BCUT2D eigenvalue weighted by molar-refractivity contribution is 0.252. The molecule has 0 unspecified atom stereocenters. The Labute approximate surface area is 156 Å². The van der Waals surface area contributed by atoms with Gasteiger partial charge in [0, 0.05) is 37.2 Å². The second-order valence-corrected chi connectivity index (χ2v) is 5.64. The number of nitrogens with one attached hydrogen (secondary N) is 3. The standard InChI is InChI=1S/C18H21N7O2/c1-13-19-9-10-25(13)17-11-16(22-12-23-17)20-7-8-21-18(26)24-14-3-5-15(27-2)6-4-14/h3-6,9-12H,7-8H2,1-2H3,(H,20,22,23)(H2,21,24,26).